The molecule has 0 spiro atoms. The highest BCUT2D eigenvalue weighted by Crippen LogP contribution is 2.36. The normalized spacial score (nSPS) is 21.0. The molecular formula is C29H28F3N3O6. The first-order chi connectivity index (χ1) is 19.6. The van der Waals surface area contributed by atoms with E-state index in [1.165, 1.54) is 24.3 Å². The molecule has 216 valence electrons. The highest BCUT2D eigenvalue weighted by atomic mass is 19.4. The number of nitrogens with zero attached hydrogens (tertiary/aromatic N) is 2. The quantitative estimate of drug-likeness (QED) is 0.385. The Kier molecular flexibility index (Phi) is 8.00. The number of hydrogen-bond donors (Lipinski definition) is 2. The number of rotatable bonds is 7. The number of carbonyl (C=O) groups excluding carboxylic acids is 2. The maximum Gasteiger partial charge on any atom is 0.452 e. The van der Waals surface area contributed by atoms with E-state index in [-0.39, 0.29) is 35.4 Å². The van der Waals surface area contributed by atoms with Crippen molar-refractivity contribution in [1.82, 2.24) is 9.88 Å². The summed E-state index contributed by atoms with van der Waals surface area (Å²) in [5, 5.41) is 11.6. The van der Waals surface area contributed by atoms with Crippen molar-refractivity contribution < 1.29 is 41.8 Å². The summed E-state index contributed by atoms with van der Waals surface area (Å²) in [5.41, 5.74) is -0.333. The van der Waals surface area contributed by atoms with Crippen molar-refractivity contribution in [1.29, 1.82) is 0 Å². The number of alkyl halides is 3. The van der Waals surface area contributed by atoms with E-state index >= 15 is 0 Å². The van der Waals surface area contributed by atoms with Crippen molar-refractivity contribution in [2.45, 2.75) is 44.4 Å². The van der Waals surface area contributed by atoms with E-state index < -0.39 is 29.5 Å². The van der Waals surface area contributed by atoms with Gasteiger partial charge in [-0.1, -0.05) is 18.2 Å². The average Bonchev–Trinajstić information content (AvgIpc) is 3.62. The van der Waals surface area contributed by atoms with Gasteiger partial charge in [0.2, 0.25) is 17.6 Å². The molecule has 9 nitrogen and oxygen atoms in total. The first-order valence-electron chi connectivity index (χ1n) is 13.3. The van der Waals surface area contributed by atoms with Gasteiger partial charge in [0, 0.05) is 30.1 Å². The fourth-order valence-corrected chi connectivity index (χ4v) is 5.24. The molecule has 2 heterocycles. The molecule has 12 heteroatoms. The zero-order chi connectivity index (χ0) is 29.1. The van der Waals surface area contributed by atoms with Crippen LogP contribution in [0, 0.1) is 11.8 Å². The maximum absolute atomic E-state index is 13.6. The number of carboxylic acids is 1. The number of anilines is 1. The number of aliphatic carboxylic acids is 1. The Bertz CT molecular complexity index is 1400. The number of aromatic nitrogens is 1. The zero-order valence-corrected chi connectivity index (χ0v) is 21.9. The second-order valence-corrected chi connectivity index (χ2v) is 10.2. The Morgan fingerprint density at radius 3 is 2.24 bits per heavy atom. The van der Waals surface area contributed by atoms with Crippen molar-refractivity contribution >= 4 is 23.5 Å². The van der Waals surface area contributed by atoms with Gasteiger partial charge in [-0.2, -0.15) is 13.2 Å². The van der Waals surface area contributed by atoms with Gasteiger partial charge in [0.25, 0.3) is 5.91 Å². The van der Waals surface area contributed by atoms with Gasteiger partial charge in [-0.25, -0.2) is 4.98 Å². The molecule has 0 unspecified atom stereocenters. The summed E-state index contributed by atoms with van der Waals surface area (Å²) < 4.78 is 51.6. The van der Waals surface area contributed by atoms with Crippen LogP contribution in [0.25, 0.3) is 11.5 Å². The standard InChI is InChI=1S/C29H28F3N3O6/c30-29(31,32)24-23(34-26(41-24)17-4-2-1-3-5-17)25(36)33-20-10-12-21(13-11-20)40-22-14-15-35(16-22)27(37)18-6-8-19(9-7-18)28(38)39/h1-5,10-13,18-19,22H,6-9,14-16H2,(H,33,36)(H,38,39)/t18-,19-,22-/m0/s1. The van der Waals surface area contributed by atoms with Crippen LogP contribution in [0.1, 0.15) is 48.4 Å². The fraction of sp³-hybridized carbons (Fsp3) is 0.379. The molecule has 3 aromatic rings. The van der Waals surface area contributed by atoms with Gasteiger partial charge in [-0.3, -0.25) is 14.4 Å². The van der Waals surface area contributed by atoms with E-state index in [9.17, 15) is 27.6 Å². The topological polar surface area (TPSA) is 122 Å². The van der Waals surface area contributed by atoms with Gasteiger partial charge in [0.15, 0.2) is 5.69 Å². The van der Waals surface area contributed by atoms with E-state index in [4.69, 9.17) is 14.3 Å². The number of halogens is 3. The molecule has 1 saturated carbocycles. The summed E-state index contributed by atoms with van der Waals surface area (Å²) >= 11 is 0. The lowest BCUT2D eigenvalue weighted by atomic mass is 9.81. The van der Waals surface area contributed by atoms with Crippen LogP contribution in [0.4, 0.5) is 18.9 Å². The van der Waals surface area contributed by atoms with E-state index in [0.29, 0.717) is 56.5 Å². The van der Waals surface area contributed by atoms with Crippen LogP contribution in [0.5, 0.6) is 5.75 Å². The van der Waals surface area contributed by atoms with Gasteiger partial charge < -0.3 is 24.5 Å². The summed E-state index contributed by atoms with van der Waals surface area (Å²) in [6.45, 7) is 0.951. The number of amides is 2. The van der Waals surface area contributed by atoms with Gasteiger partial charge in [0.1, 0.15) is 11.9 Å². The van der Waals surface area contributed by atoms with Crippen molar-refractivity contribution in [3.63, 3.8) is 0 Å². The van der Waals surface area contributed by atoms with Crippen LogP contribution in [0.3, 0.4) is 0 Å². The minimum Gasteiger partial charge on any atom is -0.489 e. The minimum atomic E-state index is -4.92. The van der Waals surface area contributed by atoms with Crippen LogP contribution >= 0.6 is 0 Å². The second-order valence-electron chi connectivity index (χ2n) is 10.2. The molecule has 2 aliphatic rings. The van der Waals surface area contributed by atoms with E-state index in [1.807, 2.05) is 0 Å². The number of carboxylic acid groups (broad SMARTS) is 1. The minimum absolute atomic E-state index is 0.0273. The van der Waals surface area contributed by atoms with Crippen LogP contribution in [0.15, 0.2) is 59.0 Å². The summed E-state index contributed by atoms with van der Waals surface area (Å²) in [6.07, 6.45) is -2.39. The molecule has 0 bridgehead atoms. The Balaban J connectivity index is 1.17. The summed E-state index contributed by atoms with van der Waals surface area (Å²) in [4.78, 5) is 42.4. The molecule has 1 aliphatic carbocycles. The van der Waals surface area contributed by atoms with Crippen molar-refractivity contribution in [3.8, 4) is 17.2 Å². The molecule has 1 atom stereocenters. The smallest absolute Gasteiger partial charge is 0.452 e. The summed E-state index contributed by atoms with van der Waals surface area (Å²) in [6, 6.07) is 14.1. The van der Waals surface area contributed by atoms with Gasteiger partial charge in [-0.15, -0.1) is 0 Å². The lowest BCUT2D eigenvalue weighted by Crippen LogP contribution is -2.38. The van der Waals surface area contributed by atoms with Gasteiger partial charge >= 0.3 is 12.1 Å². The highest BCUT2D eigenvalue weighted by Gasteiger charge is 2.42. The monoisotopic (exact) mass is 571 g/mol. The number of benzene rings is 2. The Hall–Kier alpha value is -4.35. The summed E-state index contributed by atoms with van der Waals surface area (Å²) in [7, 11) is 0. The molecule has 5 rings (SSSR count). The first kappa shape index (κ1) is 28.2. The van der Waals surface area contributed by atoms with Crippen molar-refractivity contribution in [2.24, 2.45) is 11.8 Å². The molecule has 0 radical (unpaired) electrons. The SMILES string of the molecule is O=C(Nc1ccc(O[C@H]2CCN(C(=O)[C@H]3CC[C@H](C(=O)O)CC3)C2)cc1)c1nc(-c2ccccc2)oc1C(F)(F)F. The molecular weight excluding hydrogens is 543 g/mol. The number of carbonyl (C=O) groups is 3. The van der Waals surface area contributed by atoms with Gasteiger partial charge in [0.05, 0.1) is 12.5 Å². The molecule has 2 aromatic carbocycles. The highest BCUT2D eigenvalue weighted by molar-refractivity contribution is 6.04. The zero-order valence-electron chi connectivity index (χ0n) is 21.9. The number of ether oxygens (including phenoxy) is 1. The molecule has 1 saturated heterocycles. The lowest BCUT2D eigenvalue weighted by molar-refractivity contribution is -0.153. The Labute approximate surface area is 233 Å². The first-order valence-corrected chi connectivity index (χ1v) is 13.3. The number of oxazole rings is 1. The van der Waals surface area contributed by atoms with Crippen LogP contribution < -0.4 is 10.1 Å². The molecule has 1 aliphatic heterocycles. The largest absolute Gasteiger partial charge is 0.489 e. The van der Waals surface area contributed by atoms with Gasteiger partial charge in [-0.05, 0) is 62.1 Å². The molecule has 2 fully saturated rings. The molecule has 2 N–H and O–H groups in total. The Morgan fingerprint density at radius 2 is 1.61 bits per heavy atom. The number of likely N-dealkylation sites (tertiary alicyclic amines) is 1. The van der Waals surface area contributed by atoms with E-state index in [2.05, 4.69) is 10.3 Å². The lowest BCUT2D eigenvalue weighted by Gasteiger charge is -2.28. The van der Waals surface area contributed by atoms with Crippen molar-refractivity contribution in [3.05, 3.63) is 66.1 Å². The predicted molar refractivity (Wildman–Crippen MR) is 140 cm³/mol. The molecule has 1 aromatic heterocycles. The molecule has 41 heavy (non-hydrogen) atoms. The van der Waals surface area contributed by atoms with Crippen LogP contribution in [0.2, 0.25) is 0 Å². The third kappa shape index (κ3) is 6.53. The maximum atomic E-state index is 13.6. The summed E-state index contributed by atoms with van der Waals surface area (Å²) in [5.74, 6) is -3.72. The van der Waals surface area contributed by atoms with Crippen LogP contribution in [-0.4, -0.2) is 52.0 Å². The predicted octanol–water partition coefficient (Wildman–Crippen LogP) is 5.48. The third-order valence-electron chi connectivity index (χ3n) is 7.42. The van der Waals surface area contributed by atoms with Crippen molar-refractivity contribution in [2.75, 3.05) is 18.4 Å². The Morgan fingerprint density at radius 1 is 0.951 bits per heavy atom. The van der Waals surface area contributed by atoms with E-state index in [0.717, 1.165) is 0 Å². The third-order valence-corrected chi connectivity index (χ3v) is 7.42. The second kappa shape index (κ2) is 11.6. The number of hydrogen-bond acceptors (Lipinski definition) is 6. The average molecular weight is 572 g/mol. The molecule has 2 amide bonds. The van der Waals surface area contributed by atoms with E-state index in [1.54, 1.807) is 35.2 Å². The fourth-order valence-electron chi connectivity index (χ4n) is 5.24. The number of nitrogens with one attached hydrogen (secondary N) is 1. The van der Waals surface area contributed by atoms with Crippen LogP contribution in [-0.2, 0) is 15.8 Å².